The normalized spacial score (nSPS) is 11.1. The van der Waals surface area contributed by atoms with Crippen LogP contribution in [0.15, 0.2) is 62.2 Å². The number of hydrogen-bond donors (Lipinski definition) is 0. The van der Waals surface area contributed by atoms with Crippen molar-refractivity contribution >= 4 is 28.1 Å². The summed E-state index contributed by atoms with van der Waals surface area (Å²) in [6.07, 6.45) is 0. The quantitative estimate of drug-likeness (QED) is 0.451. The molecule has 2 aromatic heterocycles. The number of oxazole rings is 1. The van der Waals surface area contributed by atoms with E-state index in [4.69, 9.17) is 18.3 Å². The lowest BCUT2D eigenvalue weighted by atomic mass is 10.2. The molecule has 0 saturated heterocycles. The highest BCUT2D eigenvalue weighted by molar-refractivity contribution is 5.79. The van der Waals surface area contributed by atoms with E-state index in [0.29, 0.717) is 37.1 Å². The van der Waals surface area contributed by atoms with E-state index >= 15 is 0 Å². The molecule has 2 heterocycles. The fourth-order valence-electron chi connectivity index (χ4n) is 2.84. The Kier molecular flexibility index (Phi) is 4.89. The average Bonchev–Trinajstić information content (AvgIpc) is 3.13. The van der Waals surface area contributed by atoms with Gasteiger partial charge in [-0.05, 0) is 37.3 Å². The smallest absolute Gasteiger partial charge is 0.379 e. The lowest BCUT2D eigenvalue weighted by molar-refractivity contribution is 0.319. The highest BCUT2D eigenvalue weighted by atomic mass is 16.5. The van der Waals surface area contributed by atoms with E-state index in [0.717, 1.165) is 16.5 Å². The van der Waals surface area contributed by atoms with E-state index in [9.17, 15) is 4.79 Å². The van der Waals surface area contributed by atoms with Gasteiger partial charge in [-0.15, -0.1) is 0 Å². The minimum Gasteiger partial charge on any atom is -0.492 e. The molecule has 4 aromatic rings. The first-order valence-corrected chi connectivity index (χ1v) is 9.04. The summed E-state index contributed by atoms with van der Waals surface area (Å²) in [5, 5.41) is 0.777. The number of rotatable bonds is 7. The first-order chi connectivity index (χ1) is 13.6. The van der Waals surface area contributed by atoms with Gasteiger partial charge in [-0.2, -0.15) is 4.98 Å². The van der Waals surface area contributed by atoms with Crippen molar-refractivity contribution in [3.8, 4) is 11.5 Å². The number of nitrogens with zero attached hydrogens (tertiary/aromatic N) is 2. The van der Waals surface area contributed by atoms with Crippen LogP contribution in [0.1, 0.15) is 6.92 Å². The third kappa shape index (κ3) is 3.64. The monoisotopic (exact) mass is 380 g/mol. The standard InChI is InChI=1S/C21H20N2O5/c1-3-25-19-12-14-8-9-15(13-18(14)27-20(19)24)26-11-10-23(2)21-22-16-6-4-5-7-17(16)28-21/h4-9,12-13H,3,10-11H2,1-2H3. The van der Waals surface area contributed by atoms with E-state index in [2.05, 4.69) is 4.98 Å². The minimum atomic E-state index is -0.498. The fraction of sp³-hybridized carbons (Fsp3) is 0.238. The van der Waals surface area contributed by atoms with Crippen molar-refractivity contribution in [1.82, 2.24) is 4.98 Å². The lowest BCUT2D eigenvalue weighted by Gasteiger charge is -2.15. The zero-order valence-electron chi connectivity index (χ0n) is 15.7. The van der Waals surface area contributed by atoms with Crippen LogP contribution in [-0.4, -0.2) is 31.8 Å². The van der Waals surface area contributed by atoms with Crippen molar-refractivity contribution in [2.24, 2.45) is 0 Å². The molecule has 0 radical (unpaired) electrons. The molecule has 0 bridgehead atoms. The summed E-state index contributed by atoms with van der Waals surface area (Å²) >= 11 is 0. The van der Waals surface area contributed by atoms with Crippen LogP contribution in [-0.2, 0) is 0 Å². The Hall–Kier alpha value is -3.48. The van der Waals surface area contributed by atoms with Crippen molar-refractivity contribution in [1.29, 1.82) is 0 Å². The second-order valence-corrected chi connectivity index (χ2v) is 6.26. The van der Waals surface area contributed by atoms with Crippen molar-refractivity contribution in [3.05, 3.63) is 59.0 Å². The predicted molar refractivity (Wildman–Crippen MR) is 106 cm³/mol. The Balaban J connectivity index is 1.42. The molecule has 28 heavy (non-hydrogen) atoms. The number of fused-ring (bicyclic) bond motifs is 2. The zero-order valence-corrected chi connectivity index (χ0v) is 15.7. The van der Waals surface area contributed by atoms with Gasteiger partial charge in [0.1, 0.15) is 23.5 Å². The van der Waals surface area contributed by atoms with Crippen LogP contribution in [0.2, 0.25) is 0 Å². The molecule has 0 aliphatic carbocycles. The van der Waals surface area contributed by atoms with Gasteiger partial charge in [0.25, 0.3) is 6.01 Å². The fourth-order valence-corrected chi connectivity index (χ4v) is 2.84. The van der Waals surface area contributed by atoms with Gasteiger partial charge in [-0.25, -0.2) is 4.79 Å². The Morgan fingerprint density at radius 3 is 2.71 bits per heavy atom. The number of aromatic nitrogens is 1. The van der Waals surface area contributed by atoms with Gasteiger partial charge in [0, 0.05) is 18.5 Å². The molecule has 0 atom stereocenters. The molecule has 7 heteroatoms. The van der Waals surface area contributed by atoms with Gasteiger partial charge in [0.2, 0.25) is 5.75 Å². The third-order valence-electron chi connectivity index (χ3n) is 4.28. The summed E-state index contributed by atoms with van der Waals surface area (Å²) in [5.41, 5.74) is 1.53. The molecular weight excluding hydrogens is 360 g/mol. The van der Waals surface area contributed by atoms with Crippen molar-refractivity contribution < 1.29 is 18.3 Å². The van der Waals surface area contributed by atoms with Gasteiger partial charge < -0.3 is 23.2 Å². The van der Waals surface area contributed by atoms with E-state index < -0.39 is 5.63 Å². The maximum atomic E-state index is 11.9. The molecule has 0 N–H and O–H groups in total. The van der Waals surface area contributed by atoms with Gasteiger partial charge in [-0.1, -0.05) is 12.1 Å². The summed E-state index contributed by atoms with van der Waals surface area (Å²) in [6, 6.07) is 15.2. The Labute approximate surface area is 161 Å². The van der Waals surface area contributed by atoms with Gasteiger partial charge in [-0.3, -0.25) is 0 Å². The second-order valence-electron chi connectivity index (χ2n) is 6.26. The van der Waals surface area contributed by atoms with Crippen LogP contribution in [0, 0.1) is 0 Å². The highest BCUT2D eigenvalue weighted by Gasteiger charge is 2.11. The number of ether oxygens (including phenoxy) is 2. The first kappa shape index (κ1) is 17.9. The maximum Gasteiger partial charge on any atom is 0.379 e. The molecule has 0 unspecified atom stereocenters. The van der Waals surface area contributed by atoms with Crippen molar-refractivity contribution in [2.75, 3.05) is 31.7 Å². The van der Waals surface area contributed by atoms with E-state index in [1.807, 2.05) is 55.3 Å². The third-order valence-corrected chi connectivity index (χ3v) is 4.28. The summed E-state index contributed by atoms with van der Waals surface area (Å²) < 4.78 is 22.1. The molecule has 7 nitrogen and oxygen atoms in total. The Morgan fingerprint density at radius 2 is 1.89 bits per heavy atom. The molecule has 0 saturated carbocycles. The Morgan fingerprint density at radius 1 is 1.04 bits per heavy atom. The molecule has 0 aliphatic rings. The van der Waals surface area contributed by atoms with Crippen molar-refractivity contribution in [2.45, 2.75) is 6.92 Å². The maximum absolute atomic E-state index is 11.9. The van der Waals surface area contributed by atoms with Crippen LogP contribution in [0.5, 0.6) is 11.5 Å². The largest absolute Gasteiger partial charge is 0.492 e. The average molecular weight is 380 g/mol. The SMILES string of the molecule is CCOc1cc2ccc(OCCN(C)c3nc4ccccc4o3)cc2oc1=O. The molecule has 0 fully saturated rings. The number of hydrogen-bond acceptors (Lipinski definition) is 7. The minimum absolute atomic E-state index is 0.212. The summed E-state index contributed by atoms with van der Waals surface area (Å²) in [5.74, 6) is 0.828. The van der Waals surface area contributed by atoms with E-state index in [-0.39, 0.29) is 5.75 Å². The molecular formula is C21H20N2O5. The predicted octanol–water partition coefficient (Wildman–Crippen LogP) is 3.85. The first-order valence-electron chi connectivity index (χ1n) is 9.04. The summed E-state index contributed by atoms with van der Waals surface area (Å²) in [6.45, 7) is 3.23. The number of benzene rings is 2. The summed E-state index contributed by atoms with van der Waals surface area (Å²) in [4.78, 5) is 18.3. The van der Waals surface area contributed by atoms with Gasteiger partial charge in [0.15, 0.2) is 5.58 Å². The number of anilines is 1. The second kappa shape index (κ2) is 7.64. The van der Waals surface area contributed by atoms with Gasteiger partial charge >= 0.3 is 5.63 Å². The van der Waals surface area contributed by atoms with Crippen LogP contribution in [0.4, 0.5) is 6.01 Å². The van der Waals surface area contributed by atoms with Crippen molar-refractivity contribution in [3.63, 3.8) is 0 Å². The van der Waals surface area contributed by atoms with Crippen LogP contribution in [0.3, 0.4) is 0 Å². The summed E-state index contributed by atoms with van der Waals surface area (Å²) in [7, 11) is 1.89. The molecule has 0 aliphatic heterocycles. The van der Waals surface area contributed by atoms with E-state index in [1.54, 1.807) is 12.1 Å². The molecule has 0 spiro atoms. The molecule has 2 aromatic carbocycles. The van der Waals surface area contributed by atoms with Gasteiger partial charge in [0.05, 0.1) is 13.2 Å². The number of likely N-dealkylation sites (N-methyl/N-ethyl adjacent to an activating group) is 1. The molecule has 0 amide bonds. The molecule has 4 rings (SSSR count). The lowest BCUT2D eigenvalue weighted by Crippen LogP contribution is -2.23. The van der Waals surface area contributed by atoms with Crippen LogP contribution < -0.4 is 20.0 Å². The topological polar surface area (TPSA) is 77.9 Å². The molecule has 144 valence electrons. The zero-order chi connectivity index (χ0) is 19.5. The highest BCUT2D eigenvalue weighted by Crippen LogP contribution is 2.23. The van der Waals surface area contributed by atoms with Crippen LogP contribution >= 0.6 is 0 Å². The Bertz CT molecular complexity index is 1130. The number of para-hydroxylation sites is 2. The van der Waals surface area contributed by atoms with E-state index in [1.165, 1.54) is 0 Å². The van der Waals surface area contributed by atoms with Crippen LogP contribution in [0.25, 0.3) is 22.1 Å².